The van der Waals surface area contributed by atoms with Crippen molar-refractivity contribution in [3.8, 4) is 0 Å². The molecule has 2 amide bonds. The molecule has 0 atom stereocenters. The van der Waals surface area contributed by atoms with Crippen LogP contribution >= 0.6 is 0 Å². The van der Waals surface area contributed by atoms with E-state index in [0.717, 1.165) is 6.54 Å². The Kier molecular flexibility index (Phi) is 5.83. The molecular weight excluding hydrogens is 238 g/mol. The lowest BCUT2D eigenvalue weighted by Gasteiger charge is -2.25. The summed E-state index contributed by atoms with van der Waals surface area (Å²) in [5.74, 6) is 0. The van der Waals surface area contributed by atoms with Crippen molar-refractivity contribution in [2.24, 2.45) is 0 Å². The fraction of sp³-hybridized carbons (Fsp3) is 0.533. The van der Waals surface area contributed by atoms with E-state index in [4.69, 9.17) is 0 Å². The van der Waals surface area contributed by atoms with Gasteiger partial charge in [-0.05, 0) is 19.7 Å². The fourth-order valence-electron chi connectivity index (χ4n) is 1.75. The van der Waals surface area contributed by atoms with Gasteiger partial charge in [0.05, 0.1) is 0 Å². The summed E-state index contributed by atoms with van der Waals surface area (Å²) in [5, 5.41) is 5.77. The Morgan fingerprint density at radius 2 is 1.79 bits per heavy atom. The topological polar surface area (TPSA) is 44.4 Å². The van der Waals surface area contributed by atoms with Crippen LogP contribution in [-0.2, 0) is 5.41 Å². The highest BCUT2D eigenvalue weighted by atomic mass is 16.2. The second-order valence-electron chi connectivity index (χ2n) is 5.66. The number of likely N-dealkylation sites (N-methyl/N-ethyl adjacent to an activating group) is 1. The maximum absolute atomic E-state index is 11.7. The minimum Gasteiger partial charge on any atom is -0.337 e. The van der Waals surface area contributed by atoms with Crippen molar-refractivity contribution in [1.29, 1.82) is 0 Å². The smallest absolute Gasteiger partial charge is 0.314 e. The van der Waals surface area contributed by atoms with Gasteiger partial charge in [-0.1, -0.05) is 44.2 Å². The van der Waals surface area contributed by atoms with Gasteiger partial charge in [-0.3, -0.25) is 0 Å². The number of nitrogens with zero attached hydrogens (tertiary/aromatic N) is 1. The summed E-state index contributed by atoms with van der Waals surface area (Å²) in [4.78, 5) is 13.7. The molecule has 0 spiro atoms. The summed E-state index contributed by atoms with van der Waals surface area (Å²) < 4.78 is 0. The maximum atomic E-state index is 11.7. The second-order valence-corrected chi connectivity index (χ2v) is 5.66. The first-order valence-electron chi connectivity index (χ1n) is 6.64. The Balaban J connectivity index is 2.37. The molecule has 0 aliphatic rings. The monoisotopic (exact) mass is 263 g/mol. The molecule has 106 valence electrons. The summed E-state index contributed by atoms with van der Waals surface area (Å²) in [5.41, 5.74) is 1.16. The quantitative estimate of drug-likeness (QED) is 0.822. The van der Waals surface area contributed by atoms with Gasteiger partial charge in [0.15, 0.2) is 0 Å². The van der Waals surface area contributed by atoms with Crippen LogP contribution in [0.15, 0.2) is 30.3 Å². The highest BCUT2D eigenvalue weighted by Crippen LogP contribution is 2.21. The maximum Gasteiger partial charge on any atom is 0.314 e. The van der Waals surface area contributed by atoms with Gasteiger partial charge in [0, 0.05) is 25.0 Å². The summed E-state index contributed by atoms with van der Waals surface area (Å²) in [6.45, 7) is 6.37. The molecule has 0 saturated heterocycles. The third kappa shape index (κ3) is 5.75. The molecule has 0 fully saturated rings. The molecule has 0 unspecified atom stereocenters. The minimum absolute atomic E-state index is 0.0693. The molecule has 0 aromatic heterocycles. The number of urea groups is 1. The Hall–Kier alpha value is -1.55. The van der Waals surface area contributed by atoms with E-state index in [0.29, 0.717) is 13.1 Å². The Bertz CT molecular complexity index is 388. The van der Waals surface area contributed by atoms with E-state index >= 15 is 0 Å². The van der Waals surface area contributed by atoms with Crippen molar-refractivity contribution < 1.29 is 4.79 Å². The van der Waals surface area contributed by atoms with Gasteiger partial charge in [-0.15, -0.1) is 0 Å². The van der Waals surface area contributed by atoms with Crippen molar-refractivity contribution in [2.45, 2.75) is 19.3 Å². The van der Waals surface area contributed by atoms with E-state index in [9.17, 15) is 4.79 Å². The van der Waals surface area contributed by atoms with Crippen molar-refractivity contribution in [3.63, 3.8) is 0 Å². The number of hydrogen-bond donors (Lipinski definition) is 2. The zero-order chi connectivity index (χ0) is 14.3. The summed E-state index contributed by atoms with van der Waals surface area (Å²) >= 11 is 0. The van der Waals surface area contributed by atoms with Crippen LogP contribution in [0.1, 0.15) is 19.4 Å². The molecule has 0 bridgehead atoms. The Morgan fingerprint density at radius 1 is 1.16 bits per heavy atom. The molecule has 0 heterocycles. The average Bonchev–Trinajstić information content (AvgIpc) is 2.37. The molecule has 0 radical (unpaired) electrons. The van der Waals surface area contributed by atoms with Crippen molar-refractivity contribution >= 4 is 6.03 Å². The predicted octanol–water partition coefficient (Wildman–Crippen LogP) is 1.83. The first kappa shape index (κ1) is 15.5. The molecule has 4 heteroatoms. The number of rotatable bonds is 6. The number of carbonyl (C=O) groups is 1. The standard InChI is InChI=1S/C15H25N3O/c1-15(2,13-8-6-5-7-9-13)12-17-14(19)16-10-11-18(3)4/h5-9H,10-12H2,1-4H3,(H2,16,17,19). The van der Waals surface area contributed by atoms with E-state index in [1.54, 1.807) is 0 Å². The molecule has 0 saturated carbocycles. The van der Waals surface area contributed by atoms with E-state index in [1.807, 2.05) is 37.2 Å². The van der Waals surface area contributed by atoms with Crippen LogP contribution in [-0.4, -0.2) is 44.7 Å². The van der Waals surface area contributed by atoms with Crippen LogP contribution in [0.25, 0.3) is 0 Å². The van der Waals surface area contributed by atoms with E-state index < -0.39 is 0 Å². The van der Waals surface area contributed by atoms with Gasteiger partial charge >= 0.3 is 6.03 Å². The molecule has 1 aromatic carbocycles. The zero-order valence-electron chi connectivity index (χ0n) is 12.4. The van der Waals surface area contributed by atoms with Crippen LogP contribution < -0.4 is 10.6 Å². The average molecular weight is 263 g/mol. The van der Waals surface area contributed by atoms with Gasteiger partial charge in [-0.25, -0.2) is 4.79 Å². The summed E-state index contributed by atoms with van der Waals surface area (Å²) in [6.07, 6.45) is 0. The lowest BCUT2D eigenvalue weighted by molar-refractivity contribution is 0.237. The Labute approximate surface area is 116 Å². The minimum atomic E-state index is -0.106. The molecule has 0 aliphatic carbocycles. The van der Waals surface area contributed by atoms with Crippen LogP contribution in [0.4, 0.5) is 4.79 Å². The highest BCUT2D eigenvalue weighted by molar-refractivity contribution is 5.73. The molecule has 1 aromatic rings. The molecular formula is C15H25N3O. The highest BCUT2D eigenvalue weighted by Gasteiger charge is 2.20. The van der Waals surface area contributed by atoms with Crippen LogP contribution in [0.2, 0.25) is 0 Å². The molecule has 4 nitrogen and oxygen atoms in total. The number of nitrogens with one attached hydrogen (secondary N) is 2. The van der Waals surface area contributed by atoms with Crippen molar-refractivity contribution in [3.05, 3.63) is 35.9 Å². The van der Waals surface area contributed by atoms with E-state index in [2.05, 4.69) is 36.6 Å². The van der Waals surface area contributed by atoms with Crippen LogP contribution in [0.5, 0.6) is 0 Å². The molecule has 1 rings (SSSR count). The van der Waals surface area contributed by atoms with Gasteiger partial charge < -0.3 is 15.5 Å². The number of benzene rings is 1. The summed E-state index contributed by atoms with van der Waals surface area (Å²) in [7, 11) is 3.97. The number of carbonyl (C=O) groups excluding carboxylic acids is 1. The van der Waals surface area contributed by atoms with Gasteiger partial charge in [-0.2, -0.15) is 0 Å². The normalized spacial score (nSPS) is 11.4. The molecule has 19 heavy (non-hydrogen) atoms. The second kappa shape index (κ2) is 7.14. The van der Waals surface area contributed by atoms with Crippen LogP contribution in [0.3, 0.4) is 0 Å². The van der Waals surface area contributed by atoms with Crippen molar-refractivity contribution in [1.82, 2.24) is 15.5 Å². The van der Waals surface area contributed by atoms with Gasteiger partial charge in [0.2, 0.25) is 0 Å². The molecule has 0 aliphatic heterocycles. The van der Waals surface area contributed by atoms with Crippen LogP contribution in [0, 0.1) is 0 Å². The lowest BCUT2D eigenvalue weighted by atomic mass is 9.85. The zero-order valence-corrected chi connectivity index (χ0v) is 12.4. The SMILES string of the molecule is CN(C)CCNC(=O)NCC(C)(C)c1ccccc1. The summed E-state index contributed by atoms with van der Waals surface area (Å²) in [6, 6.07) is 10.1. The number of hydrogen-bond acceptors (Lipinski definition) is 2. The van der Waals surface area contributed by atoms with E-state index in [1.165, 1.54) is 5.56 Å². The van der Waals surface area contributed by atoms with Gasteiger partial charge in [0.1, 0.15) is 0 Å². The van der Waals surface area contributed by atoms with Gasteiger partial charge in [0.25, 0.3) is 0 Å². The third-order valence-electron chi connectivity index (χ3n) is 3.09. The van der Waals surface area contributed by atoms with E-state index in [-0.39, 0.29) is 11.4 Å². The molecule has 2 N–H and O–H groups in total. The van der Waals surface area contributed by atoms with Crippen molar-refractivity contribution in [2.75, 3.05) is 33.7 Å². The first-order chi connectivity index (χ1) is 8.92. The fourth-order valence-corrected chi connectivity index (χ4v) is 1.75. The number of amides is 2. The first-order valence-corrected chi connectivity index (χ1v) is 6.64. The largest absolute Gasteiger partial charge is 0.337 e. The predicted molar refractivity (Wildman–Crippen MR) is 79.4 cm³/mol. The Morgan fingerprint density at radius 3 is 2.37 bits per heavy atom. The third-order valence-corrected chi connectivity index (χ3v) is 3.09. The lowest BCUT2D eigenvalue weighted by Crippen LogP contribution is -2.43.